The highest BCUT2D eigenvalue weighted by Crippen LogP contribution is 2.04. The van der Waals surface area contributed by atoms with Crippen LogP contribution in [0.25, 0.3) is 0 Å². The largest absolute Gasteiger partial charge is 0.252 e. The van der Waals surface area contributed by atoms with Gasteiger partial charge in [0, 0.05) is 6.54 Å². The average molecular weight is 178 g/mol. The summed E-state index contributed by atoms with van der Waals surface area (Å²) in [6.07, 6.45) is 3.88. The van der Waals surface area contributed by atoms with Crippen LogP contribution in [0.15, 0.2) is 6.33 Å². The van der Waals surface area contributed by atoms with Gasteiger partial charge in [0.2, 0.25) is 0 Å². The number of hydrogen-bond donors (Lipinski definition) is 0. The highest BCUT2D eigenvalue weighted by Gasteiger charge is 1.99. The van der Waals surface area contributed by atoms with E-state index in [0.717, 1.165) is 18.9 Å². The summed E-state index contributed by atoms with van der Waals surface area (Å²) in [5, 5.41) is 12.4. The molecule has 0 spiro atoms. The van der Waals surface area contributed by atoms with E-state index in [1.54, 1.807) is 11.0 Å². The standard InChI is InChI=1S/C9H14N4/c1-8(2)4-3-5-13-7-11-9(6-10)12-13/h7-8H,3-5H2,1-2H3. The monoisotopic (exact) mass is 178 g/mol. The molecule has 0 saturated carbocycles. The Labute approximate surface area is 78.2 Å². The summed E-state index contributed by atoms with van der Waals surface area (Å²) in [7, 11) is 0. The molecule has 13 heavy (non-hydrogen) atoms. The van der Waals surface area contributed by atoms with Crippen LogP contribution in [0, 0.1) is 17.2 Å². The number of nitrogens with zero attached hydrogens (tertiary/aromatic N) is 4. The van der Waals surface area contributed by atoms with Crippen LogP contribution in [0.2, 0.25) is 0 Å². The predicted molar refractivity (Wildman–Crippen MR) is 48.8 cm³/mol. The molecule has 0 radical (unpaired) electrons. The lowest BCUT2D eigenvalue weighted by molar-refractivity contribution is 0.489. The van der Waals surface area contributed by atoms with Crippen molar-refractivity contribution in [3.63, 3.8) is 0 Å². The van der Waals surface area contributed by atoms with Gasteiger partial charge in [0.25, 0.3) is 5.82 Å². The quantitative estimate of drug-likeness (QED) is 0.703. The molecule has 4 heteroatoms. The second-order valence-electron chi connectivity index (χ2n) is 3.48. The molecule has 1 rings (SSSR count). The molecular weight excluding hydrogens is 164 g/mol. The average Bonchev–Trinajstić information content (AvgIpc) is 2.52. The lowest BCUT2D eigenvalue weighted by Gasteiger charge is -2.03. The maximum atomic E-state index is 8.48. The molecule has 0 saturated heterocycles. The normalized spacial score (nSPS) is 10.3. The molecule has 0 unspecified atom stereocenters. The zero-order chi connectivity index (χ0) is 9.68. The van der Waals surface area contributed by atoms with Gasteiger partial charge in [0.15, 0.2) is 0 Å². The Morgan fingerprint density at radius 1 is 1.62 bits per heavy atom. The number of nitriles is 1. The van der Waals surface area contributed by atoms with Crippen molar-refractivity contribution >= 4 is 0 Å². The lowest BCUT2D eigenvalue weighted by Crippen LogP contribution is -2.00. The van der Waals surface area contributed by atoms with E-state index in [1.165, 1.54) is 6.42 Å². The summed E-state index contributed by atoms with van der Waals surface area (Å²) in [6.45, 7) is 5.25. The van der Waals surface area contributed by atoms with Crippen molar-refractivity contribution in [1.29, 1.82) is 5.26 Å². The van der Waals surface area contributed by atoms with E-state index in [2.05, 4.69) is 23.9 Å². The second-order valence-corrected chi connectivity index (χ2v) is 3.48. The molecule has 4 nitrogen and oxygen atoms in total. The topological polar surface area (TPSA) is 54.5 Å². The molecule has 1 aromatic heterocycles. The van der Waals surface area contributed by atoms with E-state index in [4.69, 9.17) is 5.26 Å². The first-order valence-corrected chi connectivity index (χ1v) is 4.52. The number of aryl methyl sites for hydroxylation is 1. The number of rotatable bonds is 4. The van der Waals surface area contributed by atoms with Crippen molar-refractivity contribution in [3.05, 3.63) is 12.2 Å². The van der Waals surface area contributed by atoms with Crippen LogP contribution in [0.3, 0.4) is 0 Å². The summed E-state index contributed by atoms with van der Waals surface area (Å²) in [6, 6.07) is 1.90. The molecule has 0 aliphatic carbocycles. The van der Waals surface area contributed by atoms with Crippen molar-refractivity contribution in [1.82, 2.24) is 14.8 Å². The van der Waals surface area contributed by atoms with Gasteiger partial charge in [-0.2, -0.15) is 5.26 Å². The van der Waals surface area contributed by atoms with E-state index in [0.29, 0.717) is 0 Å². The van der Waals surface area contributed by atoms with Crippen molar-refractivity contribution in [2.75, 3.05) is 0 Å². The first kappa shape index (κ1) is 9.72. The summed E-state index contributed by atoms with van der Waals surface area (Å²) in [4.78, 5) is 3.82. The lowest BCUT2D eigenvalue weighted by atomic mass is 10.1. The Morgan fingerprint density at radius 2 is 2.38 bits per heavy atom. The Kier molecular flexibility index (Phi) is 3.44. The minimum Gasteiger partial charge on any atom is -0.252 e. The second kappa shape index (κ2) is 4.61. The maximum absolute atomic E-state index is 8.48. The fraction of sp³-hybridized carbons (Fsp3) is 0.667. The molecule has 0 atom stereocenters. The zero-order valence-electron chi connectivity index (χ0n) is 8.06. The van der Waals surface area contributed by atoms with E-state index in [1.807, 2.05) is 6.07 Å². The van der Waals surface area contributed by atoms with Gasteiger partial charge in [-0.25, -0.2) is 4.98 Å². The van der Waals surface area contributed by atoms with E-state index >= 15 is 0 Å². The third-order valence-electron chi connectivity index (χ3n) is 1.81. The molecule has 0 aliphatic heterocycles. The van der Waals surface area contributed by atoms with Gasteiger partial charge in [-0.15, -0.1) is 5.10 Å². The summed E-state index contributed by atoms with van der Waals surface area (Å²) < 4.78 is 1.72. The Bertz CT molecular complexity index is 295. The number of aromatic nitrogens is 3. The zero-order valence-corrected chi connectivity index (χ0v) is 8.06. The summed E-state index contributed by atoms with van der Waals surface area (Å²) in [5.41, 5.74) is 0. The van der Waals surface area contributed by atoms with Crippen molar-refractivity contribution in [2.45, 2.75) is 33.2 Å². The van der Waals surface area contributed by atoms with Crippen LogP contribution in [0.1, 0.15) is 32.5 Å². The third kappa shape index (κ3) is 3.24. The van der Waals surface area contributed by atoms with Crippen LogP contribution >= 0.6 is 0 Å². The minimum atomic E-state index is 0.254. The van der Waals surface area contributed by atoms with Gasteiger partial charge in [-0.1, -0.05) is 13.8 Å². The van der Waals surface area contributed by atoms with Crippen molar-refractivity contribution in [3.8, 4) is 6.07 Å². The fourth-order valence-electron chi connectivity index (χ4n) is 1.12. The van der Waals surface area contributed by atoms with Gasteiger partial charge >= 0.3 is 0 Å². The molecule has 0 amide bonds. The SMILES string of the molecule is CC(C)CCCn1cnc(C#N)n1. The first-order chi connectivity index (χ1) is 6.22. The van der Waals surface area contributed by atoms with Crippen LogP contribution in [-0.4, -0.2) is 14.8 Å². The summed E-state index contributed by atoms with van der Waals surface area (Å²) in [5.74, 6) is 0.975. The maximum Gasteiger partial charge on any atom is 0.252 e. The Morgan fingerprint density at radius 3 is 2.92 bits per heavy atom. The van der Waals surface area contributed by atoms with Crippen LogP contribution in [0.5, 0.6) is 0 Å². The predicted octanol–water partition coefficient (Wildman–Crippen LogP) is 1.59. The highest BCUT2D eigenvalue weighted by molar-refractivity contribution is 5.05. The number of hydrogen-bond acceptors (Lipinski definition) is 3. The molecule has 0 aromatic carbocycles. The Hall–Kier alpha value is -1.37. The molecule has 1 aromatic rings. The van der Waals surface area contributed by atoms with Crippen molar-refractivity contribution < 1.29 is 0 Å². The van der Waals surface area contributed by atoms with Gasteiger partial charge in [0.1, 0.15) is 12.4 Å². The smallest absolute Gasteiger partial charge is 0.252 e. The van der Waals surface area contributed by atoms with Crippen LogP contribution < -0.4 is 0 Å². The van der Waals surface area contributed by atoms with Gasteiger partial charge < -0.3 is 0 Å². The van der Waals surface area contributed by atoms with Crippen LogP contribution in [0.4, 0.5) is 0 Å². The van der Waals surface area contributed by atoms with Gasteiger partial charge in [-0.05, 0) is 18.8 Å². The van der Waals surface area contributed by atoms with E-state index < -0.39 is 0 Å². The minimum absolute atomic E-state index is 0.254. The summed E-state index contributed by atoms with van der Waals surface area (Å²) >= 11 is 0. The molecule has 1 heterocycles. The van der Waals surface area contributed by atoms with Crippen LogP contribution in [-0.2, 0) is 6.54 Å². The fourth-order valence-corrected chi connectivity index (χ4v) is 1.12. The van der Waals surface area contributed by atoms with E-state index in [-0.39, 0.29) is 5.82 Å². The molecule has 70 valence electrons. The first-order valence-electron chi connectivity index (χ1n) is 4.52. The van der Waals surface area contributed by atoms with Gasteiger partial charge in [-0.3, -0.25) is 4.68 Å². The molecule has 0 fully saturated rings. The molecule has 0 bridgehead atoms. The van der Waals surface area contributed by atoms with Gasteiger partial charge in [0.05, 0.1) is 0 Å². The molecule has 0 aliphatic rings. The molecular formula is C9H14N4. The highest BCUT2D eigenvalue weighted by atomic mass is 15.3. The molecule has 0 N–H and O–H groups in total. The third-order valence-corrected chi connectivity index (χ3v) is 1.81. The Balaban J connectivity index is 2.34. The van der Waals surface area contributed by atoms with Crippen molar-refractivity contribution in [2.24, 2.45) is 5.92 Å². The van der Waals surface area contributed by atoms with E-state index in [9.17, 15) is 0 Å².